The first-order valence-electron chi connectivity index (χ1n) is 16.9. The molecule has 0 radical (unpaired) electrons. The van der Waals surface area contributed by atoms with Gasteiger partial charge >= 0.3 is 5.69 Å². The topological polar surface area (TPSA) is 116 Å². The van der Waals surface area contributed by atoms with Gasteiger partial charge in [0.2, 0.25) is 0 Å². The van der Waals surface area contributed by atoms with Crippen molar-refractivity contribution in [1.29, 1.82) is 0 Å². The van der Waals surface area contributed by atoms with E-state index < -0.39 is 29.4 Å². The number of Topliss-reactive ketones (excluding diaryl/α,β-unsaturated/α-hetero) is 1. The van der Waals surface area contributed by atoms with E-state index in [1.165, 1.54) is 53.3 Å². The number of aromatic nitrogens is 3. The highest BCUT2D eigenvalue weighted by Gasteiger charge is 2.26. The molecular formula is C40H37F2N5O5S. The smallest absolute Gasteiger partial charge is 0.337 e. The molecule has 1 N–H and O–H groups in total. The van der Waals surface area contributed by atoms with Crippen molar-refractivity contribution in [1.82, 2.24) is 24.3 Å². The fourth-order valence-electron chi connectivity index (χ4n) is 5.99. The number of nitrogens with zero attached hydrogens (tertiary/aromatic N) is 4. The molecule has 3 aromatic heterocycles. The average molecular weight is 738 g/mol. The third-order valence-electron chi connectivity index (χ3n) is 8.79. The van der Waals surface area contributed by atoms with Crippen LogP contribution in [0.15, 0.2) is 101 Å². The van der Waals surface area contributed by atoms with Crippen LogP contribution in [0.2, 0.25) is 0 Å². The van der Waals surface area contributed by atoms with Crippen LogP contribution < -0.4 is 21.3 Å². The number of halogens is 2. The van der Waals surface area contributed by atoms with Gasteiger partial charge in [-0.3, -0.25) is 28.8 Å². The Morgan fingerprint density at radius 2 is 1.62 bits per heavy atom. The number of fused-ring (bicyclic) bond motifs is 1. The maximum atomic E-state index is 15.2. The standard InChI is InChI=1S/C40H37F2N5O5S/c1-4-29(48)20-25-11-13-26(14-12-25)37-32(22-45(3)21-27-8-5-6-19-44-27)36-38(50)47(28-15-17-30(18-16-28)52-24-35(49)43-2)40(51)46(39(36)53-37)23-31-33(41)9-7-10-34(31)42/h5-19H,4,20-24H2,1-3H3,(H,43,49). The molecule has 0 saturated carbocycles. The molecule has 0 aliphatic heterocycles. The fraction of sp³-hybridized carbons (Fsp3) is 0.225. The van der Waals surface area contributed by atoms with Crippen LogP contribution in [-0.2, 0) is 35.6 Å². The van der Waals surface area contributed by atoms with Gasteiger partial charge in [-0.1, -0.05) is 43.3 Å². The number of carbonyl (C=O) groups excluding carboxylic acids is 2. The summed E-state index contributed by atoms with van der Waals surface area (Å²) >= 11 is 1.19. The molecule has 6 rings (SSSR count). The van der Waals surface area contributed by atoms with E-state index in [0.717, 1.165) is 33.5 Å². The first-order valence-corrected chi connectivity index (χ1v) is 17.8. The summed E-state index contributed by atoms with van der Waals surface area (Å²) in [6.07, 6.45) is 2.41. The van der Waals surface area contributed by atoms with Crippen LogP contribution in [0, 0.1) is 11.6 Å². The van der Waals surface area contributed by atoms with Crippen molar-refractivity contribution in [2.24, 2.45) is 0 Å². The highest BCUT2D eigenvalue weighted by atomic mass is 32.1. The summed E-state index contributed by atoms with van der Waals surface area (Å²) in [6.45, 7) is 1.81. The van der Waals surface area contributed by atoms with Gasteiger partial charge in [0.05, 0.1) is 23.3 Å². The van der Waals surface area contributed by atoms with Gasteiger partial charge in [-0.05, 0) is 72.3 Å². The van der Waals surface area contributed by atoms with Gasteiger partial charge in [-0.2, -0.15) is 0 Å². The minimum atomic E-state index is -0.829. The van der Waals surface area contributed by atoms with Crippen molar-refractivity contribution in [3.8, 4) is 21.9 Å². The molecule has 272 valence electrons. The second-order valence-electron chi connectivity index (χ2n) is 12.5. The van der Waals surface area contributed by atoms with Gasteiger partial charge in [0, 0.05) is 49.6 Å². The molecule has 0 saturated heterocycles. The van der Waals surface area contributed by atoms with Gasteiger partial charge in [-0.25, -0.2) is 18.1 Å². The number of amides is 1. The van der Waals surface area contributed by atoms with E-state index in [1.807, 2.05) is 61.3 Å². The Balaban J connectivity index is 1.57. The number of thiophene rings is 1. The molecular weight excluding hydrogens is 701 g/mol. The second kappa shape index (κ2) is 16.3. The van der Waals surface area contributed by atoms with Crippen molar-refractivity contribution in [3.63, 3.8) is 0 Å². The number of carbonyl (C=O) groups is 2. The van der Waals surface area contributed by atoms with E-state index in [0.29, 0.717) is 29.2 Å². The second-order valence-corrected chi connectivity index (χ2v) is 13.5. The number of likely N-dealkylation sites (N-methyl/N-ethyl adjacent to an activating group) is 1. The van der Waals surface area contributed by atoms with Gasteiger partial charge < -0.3 is 10.1 Å². The van der Waals surface area contributed by atoms with Crippen molar-refractivity contribution >= 4 is 33.2 Å². The van der Waals surface area contributed by atoms with Crippen LogP contribution in [0.1, 0.15) is 35.7 Å². The zero-order valence-electron chi connectivity index (χ0n) is 29.4. The highest BCUT2D eigenvalue weighted by molar-refractivity contribution is 7.22. The first-order chi connectivity index (χ1) is 25.6. The number of hydrogen-bond acceptors (Lipinski definition) is 8. The molecule has 3 aromatic carbocycles. The van der Waals surface area contributed by atoms with E-state index in [-0.39, 0.29) is 52.7 Å². The monoisotopic (exact) mass is 737 g/mol. The maximum Gasteiger partial charge on any atom is 0.337 e. The minimum absolute atomic E-state index is 0.104. The quantitative estimate of drug-likeness (QED) is 0.149. The van der Waals surface area contributed by atoms with Crippen molar-refractivity contribution in [2.75, 3.05) is 20.7 Å². The Labute approximate surface area is 307 Å². The number of hydrogen-bond donors (Lipinski definition) is 1. The molecule has 0 fully saturated rings. The maximum absolute atomic E-state index is 15.2. The summed E-state index contributed by atoms with van der Waals surface area (Å²) in [4.78, 5) is 60.4. The van der Waals surface area contributed by atoms with Gasteiger partial charge in [0.25, 0.3) is 11.5 Å². The Morgan fingerprint density at radius 3 is 2.26 bits per heavy atom. The van der Waals surface area contributed by atoms with Gasteiger partial charge in [0.1, 0.15) is 28.0 Å². The molecule has 0 aliphatic carbocycles. The summed E-state index contributed by atoms with van der Waals surface area (Å²) in [5.41, 5.74) is 1.49. The molecule has 6 aromatic rings. The lowest BCUT2D eigenvalue weighted by atomic mass is 10.0. The number of pyridine rings is 1. The van der Waals surface area contributed by atoms with E-state index in [4.69, 9.17) is 4.74 Å². The lowest BCUT2D eigenvalue weighted by Gasteiger charge is -2.18. The normalized spacial score (nSPS) is 11.3. The number of rotatable bonds is 14. The van der Waals surface area contributed by atoms with Crippen LogP contribution in [0.5, 0.6) is 5.75 Å². The van der Waals surface area contributed by atoms with Crippen LogP contribution >= 0.6 is 11.3 Å². The zero-order valence-corrected chi connectivity index (χ0v) is 30.2. The Hall–Kier alpha value is -5.79. The summed E-state index contributed by atoms with van der Waals surface area (Å²) in [7, 11) is 3.38. The molecule has 0 unspecified atom stereocenters. The molecule has 53 heavy (non-hydrogen) atoms. The molecule has 13 heteroatoms. The molecule has 3 heterocycles. The molecule has 1 amide bonds. The number of nitrogens with one attached hydrogen (secondary N) is 1. The molecule has 0 bridgehead atoms. The molecule has 0 aliphatic rings. The largest absolute Gasteiger partial charge is 0.484 e. The first kappa shape index (κ1) is 37.0. The molecule has 10 nitrogen and oxygen atoms in total. The average Bonchev–Trinajstić information content (AvgIpc) is 3.53. The van der Waals surface area contributed by atoms with E-state index in [2.05, 4.69) is 10.3 Å². The highest BCUT2D eigenvalue weighted by Crippen LogP contribution is 2.38. The summed E-state index contributed by atoms with van der Waals surface area (Å²) in [5.74, 6) is -1.56. The number of benzene rings is 3. The van der Waals surface area contributed by atoms with Crippen LogP contribution in [-0.4, -0.2) is 51.4 Å². The Kier molecular flexibility index (Phi) is 11.3. The van der Waals surface area contributed by atoms with Crippen molar-refractivity contribution < 1.29 is 23.1 Å². The number of ether oxygens (including phenoxy) is 1. The van der Waals surface area contributed by atoms with Gasteiger partial charge in [-0.15, -0.1) is 11.3 Å². The van der Waals surface area contributed by atoms with Crippen molar-refractivity contribution in [3.05, 3.63) is 146 Å². The predicted octanol–water partition coefficient (Wildman–Crippen LogP) is 5.88. The van der Waals surface area contributed by atoms with E-state index in [9.17, 15) is 19.2 Å². The lowest BCUT2D eigenvalue weighted by molar-refractivity contribution is -0.122. The summed E-state index contributed by atoms with van der Waals surface area (Å²) in [6, 6.07) is 22.7. The summed E-state index contributed by atoms with van der Waals surface area (Å²) in [5, 5.41) is 2.69. The van der Waals surface area contributed by atoms with E-state index >= 15 is 8.78 Å². The third kappa shape index (κ3) is 8.16. The molecule has 0 atom stereocenters. The Morgan fingerprint density at radius 1 is 0.906 bits per heavy atom. The van der Waals surface area contributed by atoms with Crippen LogP contribution in [0.3, 0.4) is 0 Å². The Bertz CT molecular complexity index is 2370. The van der Waals surface area contributed by atoms with Crippen LogP contribution in [0.4, 0.5) is 8.78 Å². The minimum Gasteiger partial charge on any atom is -0.484 e. The predicted molar refractivity (Wildman–Crippen MR) is 201 cm³/mol. The number of ketones is 1. The summed E-state index contributed by atoms with van der Waals surface area (Å²) < 4.78 is 38.0. The lowest BCUT2D eigenvalue weighted by Crippen LogP contribution is -2.39. The fourth-order valence-corrected chi connectivity index (χ4v) is 7.30. The van der Waals surface area contributed by atoms with Crippen LogP contribution in [0.25, 0.3) is 26.3 Å². The SMILES string of the molecule is CCC(=O)Cc1ccc(-c2sc3c(c2CN(C)Cc2ccccn2)c(=O)n(-c2ccc(OCC(=O)NC)cc2)c(=O)n3Cc2c(F)cccc2F)cc1. The molecule has 0 spiro atoms. The zero-order chi connectivity index (χ0) is 37.6. The van der Waals surface area contributed by atoms with E-state index in [1.54, 1.807) is 6.20 Å². The van der Waals surface area contributed by atoms with Gasteiger partial charge in [0.15, 0.2) is 6.61 Å². The van der Waals surface area contributed by atoms with Crippen molar-refractivity contribution in [2.45, 2.75) is 39.4 Å². The third-order valence-corrected chi connectivity index (χ3v) is 10.1.